The van der Waals surface area contributed by atoms with Gasteiger partial charge >= 0.3 is 6.09 Å². The average Bonchev–Trinajstić information content (AvgIpc) is 1.64. The summed E-state index contributed by atoms with van der Waals surface area (Å²) in [5.41, 5.74) is 30.7. The molecule has 0 bridgehead atoms. The topological polar surface area (TPSA) is 613 Å². The van der Waals surface area contributed by atoms with Crippen molar-refractivity contribution in [1.82, 2.24) is 84.0 Å². The quantitative estimate of drug-likeness (QED) is 0.0203. The number of para-hydroxylation sites is 2. The zero-order valence-electron chi connectivity index (χ0n) is 82.3. The van der Waals surface area contributed by atoms with Gasteiger partial charge in [-0.3, -0.25) is 62.3 Å². The van der Waals surface area contributed by atoms with Crippen LogP contribution in [0.3, 0.4) is 0 Å². The molecule has 786 valence electrons. The van der Waals surface area contributed by atoms with Gasteiger partial charge in [-0.05, 0) is 141 Å². The summed E-state index contributed by atoms with van der Waals surface area (Å²) in [6, 6.07) is 48.2. The third kappa shape index (κ3) is 33.2. The molecule has 13 rings (SSSR count). The Hall–Kier alpha value is -14.6. The van der Waals surface area contributed by atoms with Gasteiger partial charge in [0.15, 0.2) is 0 Å². The van der Waals surface area contributed by atoms with Gasteiger partial charge in [0.1, 0.15) is 91.0 Å². The van der Waals surface area contributed by atoms with Crippen LogP contribution in [0.4, 0.5) is 4.79 Å². The molecule has 3 saturated heterocycles. The van der Waals surface area contributed by atoms with Gasteiger partial charge in [0.2, 0.25) is 76.8 Å². The molecule has 0 unspecified atom stereocenters. The molecule has 2 aromatic heterocycles. The van der Waals surface area contributed by atoms with Crippen LogP contribution in [-0.4, -0.2) is 261 Å². The Morgan fingerprint density at radius 1 is 0.459 bits per heavy atom. The highest BCUT2D eigenvalue weighted by Crippen LogP contribution is 2.30. The monoisotopic (exact) mass is 2060 g/mol. The number of aromatic nitrogens is 2. The Kier molecular flexibility index (Phi) is 43.2. The van der Waals surface area contributed by atoms with Crippen LogP contribution in [0.15, 0.2) is 237 Å². The number of nitrogens with two attached hydrogens (primary N) is 4. The Bertz CT molecular complexity index is 6080. The summed E-state index contributed by atoms with van der Waals surface area (Å²) >= 11 is 0. The lowest BCUT2D eigenvalue weighted by Gasteiger charge is -2.32. The first kappa shape index (κ1) is 112. The van der Waals surface area contributed by atoms with Crippen LogP contribution in [0.1, 0.15) is 109 Å². The van der Waals surface area contributed by atoms with Crippen LogP contribution in [-0.2, 0) is 112 Å². The van der Waals surface area contributed by atoms with E-state index in [1.807, 2.05) is 91.0 Å². The fourth-order valence-corrected chi connectivity index (χ4v) is 19.7. The summed E-state index contributed by atoms with van der Waals surface area (Å²) in [6.07, 6.45) is 0.496. The SMILES string of the molecule is C[C@@H](O)[C@@H]1NC(=O)[C@H](CCCCN)NC(=O)[C@@H](Cc2c[nH]c3ccccc23)NC(=O)[C@H](Cc2ccccc2)NC(=O)[C@@H](NC(=O)[C@H](N)Cc2ccccc2)CSSC[C@@H](C(=O)N[C@H](CO)[C@@H](C)O)NC1=O.NCCCC[C@@H]1NC(=O)[C@@H](Cc2c[nH]c3ccccc23)NC(=O)[C@H](c2ccccc2)NC(=O)[C@@H]2C[C@@H](OC(=O)NCCN)CN2C(=O)[C@H](Cc2ccccc2)NC(=O)[C@H](Cc2ccc(OCc3ccccc3)cc2)NC1=O. The van der Waals surface area contributed by atoms with E-state index in [0.717, 1.165) is 54.5 Å². The van der Waals surface area contributed by atoms with E-state index in [2.05, 4.69) is 79.1 Å². The molecule has 14 amide bonds. The highest BCUT2D eigenvalue weighted by Gasteiger charge is 2.47. The minimum atomic E-state index is -1.66. The third-order valence-corrected chi connectivity index (χ3v) is 27.9. The summed E-state index contributed by atoms with van der Waals surface area (Å²) in [5, 5.41) is 68.4. The molecule has 10 aromatic rings. The molecular formula is C107H132N20O19S2. The number of nitrogens with zero attached hydrogens (tertiary/aromatic N) is 1. The summed E-state index contributed by atoms with van der Waals surface area (Å²) in [4.78, 5) is 210. The molecule has 17 atom stereocenters. The number of benzene rings is 8. The van der Waals surface area contributed by atoms with Gasteiger partial charge < -0.3 is 132 Å². The number of hydrogen-bond acceptors (Lipinski definition) is 25. The second kappa shape index (κ2) is 57.0. The molecule has 41 heteroatoms. The number of aliphatic hydroxyl groups is 3. The number of fused-ring (bicyclic) bond motifs is 3. The fraction of sp³-hybridized carbons (Fsp3) is 0.383. The van der Waals surface area contributed by atoms with Crippen LogP contribution in [0.5, 0.6) is 5.75 Å². The van der Waals surface area contributed by atoms with E-state index in [4.69, 9.17) is 32.4 Å². The molecular weight excluding hydrogens is 1930 g/mol. The first-order valence-electron chi connectivity index (χ1n) is 49.5. The number of amides is 14. The molecule has 3 fully saturated rings. The maximum absolute atomic E-state index is 15.3. The number of alkyl carbamates (subject to hydrolysis) is 1. The lowest BCUT2D eigenvalue weighted by Crippen LogP contribution is -2.62. The number of carbonyl (C=O) groups is 14. The Morgan fingerprint density at radius 2 is 0.905 bits per heavy atom. The fourth-order valence-electron chi connectivity index (χ4n) is 17.4. The molecule has 0 aliphatic carbocycles. The van der Waals surface area contributed by atoms with E-state index in [-0.39, 0.29) is 95.5 Å². The molecule has 39 nitrogen and oxygen atoms in total. The van der Waals surface area contributed by atoms with Crippen molar-refractivity contribution in [2.75, 3.05) is 50.8 Å². The highest BCUT2D eigenvalue weighted by atomic mass is 33.1. The van der Waals surface area contributed by atoms with Crippen molar-refractivity contribution in [3.8, 4) is 5.75 Å². The number of carbonyl (C=O) groups excluding carboxylic acids is 14. The maximum atomic E-state index is 15.3. The smallest absolute Gasteiger partial charge is 0.407 e. The molecule has 0 saturated carbocycles. The predicted molar refractivity (Wildman–Crippen MR) is 561 cm³/mol. The van der Waals surface area contributed by atoms with Gasteiger partial charge in [-0.1, -0.05) is 222 Å². The van der Waals surface area contributed by atoms with Gasteiger partial charge in [-0.15, -0.1) is 0 Å². The van der Waals surface area contributed by atoms with Crippen molar-refractivity contribution in [2.24, 2.45) is 22.9 Å². The second-order valence-electron chi connectivity index (χ2n) is 36.7. The first-order valence-corrected chi connectivity index (χ1v) is 52.0. The van der Waals surface area contributed by atoms with Crippen molar-refractivity contribution >= 4 is 126 Å². The third-order valence-electron chi connectivity index (χ3n) is 25.5. The minimum Gasteiger partial charge on any atom is -0.489 e. The minimum absolute atomic E-state index is 0.0340. The summed E-state index contributed by atoms with van der Waals surface area (Å²) in [7, 11) is 2.06. The molecule has 8 aromatic carbocycles. The van der Waals surface area contributed by atoms with Crippen LogP contribution in [0, 0.1) is 0 Å². The van der Waals surface area contributed by atoms with Crippen molar-refractivity contribution in [1.29, 1.82) is 0 Å². The van der Waals surface area contributed by atoms with E-state index < -0.39 is 192 Å². The standard InChI is InChI=1S/C58H66N10O9.C49H66N10O10S2/c59-27-13-12-22-46-52(69)64-47(30-38-23-25-42(26-24-38)76-36-39-16-6-2-7-17-39)53(70)66-49(31-37-14-4-1-5-15-37)57(74)68-35-43(77-58(75)61-29-28-60)33-50(68)55(72)67-51(40-18-8-3-9-19-40)56(73)65-48(54(71)63-46)32-41-34-62-45-21-11-10-20-44(41)45;1-28(61)39(25-60)56-48(68)41-27-71-70-26-40(57-43(63)34(51)21-30-13-5-3-6-14-30)47(67)54-37(22-31-15-7-4-8-16-31)45(65)55-38(23-32-24-52-35-18-10-9-17-33(32)35)46(66)53-36(19-11-12-20-50)44(64)59-42(29(2)62)49(69)58-41/h1-11,14-21,23-26,34,43,46-51,62H,12-13,22,27-33,35-36,59-60H2,(H,61,75)(H,63,71)(H,64,69)(H,65,73)(H,66,70)(H,67,72);3-10,13-18,24,28-29,34,36-42,52,60-62H,11-12,19-23,25-27,50-51H2,1-2H3,(H,53,66)(H,54,67)(H,55,65)(H,56,68)(H,57,63)(H,58,69)(H,59,64)/t43-,46+,47+,48-,49+,50+,51+;28-,29-,34-,36+,37+,38-,39-,40+,41+,42+/m11/s1. The van der Waals surface area contributed by atoms with Crippen molar-refractivity contribution in [3.63, 3.8) is 0 Å². The van der Waals surface area contributed by atoms with Gasteiger partial charge in [-0.2, -0.15) is 0 Å². The van der Waals surface area contributed by atoms with E-state index in [1.54, 1.807) is 146 Å². The zero-order valence-corrected chi connectivity index (χ0v) is 84.0. The van der Waals surface area contributed by atoms with Gasteiger partial charge in [0.25, 0.3) is 0 Å². The number of ether oxygens (including phenoxy) is 2. The summed E-state index contributed by atoms with van der Waals surface area (Å²) in [6.45, 7) is 2.84. The number of hydrogen-bond donors (Lipinski definition) is 22. The highest BCUT2D eigenvalue weighted by molar-refractivity contribution is 8.76. The lowest BCUT2D eigenvalue weighted by molar-refractivity contribution is -0.143. The second-order valence-corrected chi connectivity index (χ2v) is 39.3. The number of aliphatic hydroxyl groups excluding tert-OH is 3. The van der Waals surface area contributed by atoms with Crippen molar-refractivity contribution in [2.45, 2.75) is 207 Å². The zero-order chi connectivity index (χ0) is 106. The normalized spacial score (nSPS) is 22.2. The summed E-state index contributed by atoms with van der Waals surface area (Å²) < 4.78 is 11.8. The molecule has 3 aliphatic heterocycles. The number of aromatic amines is 2. The molecule has 0 radical (unpaired) electrons. The van der Waals surface area contributed by atoms with Crippen LogP contribution < -0.4 is 96.8 Å². The first-order chi connectivity index (χ1) is 71.5. The number of nitrogens with one attached hydrogen (secondary N) is 15. The predicted octanol–water partition coefficient (Wildman–Crippen LogP) is 2.56. The van der Waals surface area contributed by atoms with E-state index >= 15 is 9.59 Å². The van der Waals surface area contributed by atoms with Gasteiger partial charge in [0.05, 0.1) is 37.4 Å². The van der Waals surface area contributed by atoms with E-state index in [9.17, 15) is 72.9 Å². The number of unbranched alkanes of at least 4 members (excludes halogenated alkanes) is 2. The Labute approximate surface area is 864 Å². The number of rotatable bonds is 34. The molecule has 3 aliphatic rings. The van der Waals surface area contributed by atoms with Crippen molar-refractivity contribution < 1.29 is 91.9 Å². The number of H-pyrrole nitrogens is 2. The largest absolute Gasteiger partial charge is 0.489 e. The molecule has 0 spiro atoms. The van der Waals surface area contributed by atoms with E-state index in [0.29, 0.717) is 78.0 Å². The van der Waals surface area contributed by atoms with Gasteiger partial charge in [0, 0.05) is 97.3 Å². The average molecular weight is 2070 g/mol. The van der Waals surface area contributed by atoms with Crippen LogP contribution >= 0.6 is 21.6 Å². The van der Waals surface area contributed by atoms with Crippen LogP contribution in [0.25, 0.3) is 21.8 Å². The Balaban J connectivity index is 0.000000264. The summed E-state index contributed by atoms with van der Waals surface area (Å²) in [5.74, 6) is -9.77. The van der Waals surface area contributed by atoms with Crippen molar-refractivity contribution in [3.05, 3.63) is 281 Å². The van der Waals surface area contributed by atoms with Gasteiger partial charge in [-0.25, -0.2) is 4.79 Å². The van der Waals surface area contributed by atoms with Crippen LogP contribution in [0.2, 0.25) is 0 Å². The van der Waals surface area contributed by atoms with E-state index in [1.165, 1.54) is 18.7 Å². The molecule has 148 heavy (non-hydrogen) atoms. The maximum Gasteiger partial charge on any atom is 0.407 e. The molecule has 26 N–H and O–H groups in total. The Morgan fingerprint density at radius 3 is 1.42 bits per heavy atom. The lowest BCUT2D eigenvalue weighted by atomic mass is 9.99. The molecule has 5 heterocycles.